The van der Waals surface area contributed by atoms with Gasteiger partial charge in [-0.1, -0.05) is 23.4 Å². The Labute approximate surface area is 185 Å². The van der Waals surface area contributed by atoms with E-state index < -0.39 is 12.1 Å². The van der Waals surface area contributed by atoms with Gasteiger partial charge >= 0.3 is 0 Å². The van der Waals surface area contributed by atoms with Crippen LogP contribution in [0.4, 0.5) is 15.9 Å². The van der Waals surface area contributed by atoms with Crippen LogP contribution in [-0.2, 0) is 6.54 Å². The lowest BCUT2D eigenvalue weighted by Gasteiger charge is -2.15. The van der Waals surface area contributed by atoms with E-state index in [0.29, 0.717) is 29.1 Å². The number of nitrogen functional groups attached to an aromatic ring is 1. The lowest BCUT2D eigenvalue weighted by atomic mass is 10.0. The Balaban J connectivity index is 1.45. The molecule has 1 amide bonds. The number of carbonyl (C=O) groups is 1. The van der Waals surface area contributed by atoms with Crippen molar-refractivity contribution >= 4 is 17.4 Å². The molecule has 4 aromatic rings. The maximum Gasteiger partial charge on any atom is 0.293 e. The molecule has 0 bridgehead atoms. The summed E-state index contributed by atoms with van der Waals surface area (Å²) < 4.78 is 25.9. The Morgan fingerprint density at radius 1 is 1.33 bits per heavy atom. The first-order chi connectivity index (χ1) is 16.1. The van der Waals surface area contributed by atoms with E-state index in [2.05, 4.69) is 30.5 Å². The number of nitrogens with one attached hydrogen (secondary N) is 1. The van der Waals surface area contributed by atoms with Crippen LogP contribution in [0.15, 0.2) is 69.9 Å². The highest BCUT2D eigenvalue weighted by Crippen LogP contribution is 2.28. The summed E-state index contributed by atoms with van der Waals surface area (Å²) in [4.78, 5) is 24.4. The SMILES string of the molecule is Nc1nc(-c2cc(-c3ccon3)n(CC3=CC=CCC3F)n2)ncc1NC(=O)c1cnco1. The van der Waals surface area contributed by atoms with Gasteiger partial charge < -0.3 is 20.0 Å². The van der Waals surface area contributed by atoms with Gasteiger partial charge in [-0.05, 0) is 11.6 Å². The monoisotopic (exact) mass is 448 g/mol. The molecule has 12 heteroatoms. The standard InChI is InChI=1S/C21H17FN8O3/c22-13-4-2-1-3-12(13)10-30-17(14-5-6-33-29-14)7-15(28-30)20-25-8-16(19(23)27-20)26-21(31)18-9-24-11-32-18/h1-3,5-9,11,13H,4,10H2,(H,26,31)(H2,23,25,27). The third-order valence-electron chi connectivity index (χ3n) is 4.96. The van der Waals surface area contributed by atoms with Crippen LogP contribution < -0.4 is 11.1 Å². The number of halogens is 1. The molecule has 0 fully saturated rings. The third kappa shape index (κ3) is 4.13. The van der Waals surface area contributed by atoms with Crippen molar-refractivity contribution in [2.45, 2.75) is 19.1 Å². The normalized spacial score (nSPS) is 15.4. The fourth-order valence-electron chi connectivity index (χ4n) is 3.29. The van der Waals surface area contributed by atoms with Crippen LogP contribution in [0.2, 0.25) is 0 Å². The molecule has 0 aliphatic heterocycles. The number of rotatable bonds is 6. The first kappa shape index (κ1) is 20.3. The molecule has 1 aliphatic carbocycles. The van der Waals surface area contributed by atoms with Crippen LogP contribution in [0.5, 0.6) is 0 Å². The summed E-state index contributed by atoms with van der Waals surface area (Å²) in [6, 6.07) is 3.39. The second kappa shape index (κ2) is 8.49. The summed E-state index contributed by atoms with van der Waals surface area (Å²) >= 11 is 0. The summed E-state index contributed by atoms with van der Waals surface area (Å²) in [5.74, 6) is -0.256. The van der Waals surface area contributed by atoms with E-state index in [1.54, 1.807) is 29.0 Å². The zero-order chi connectivity index (χ0) is 22.8. The number of oxazole rings is 1. The van der Waals surface area contributed by atoms with Gasteiger partial charge in [-0.2, -0.15) is 5.10 Å². The molecule has 0 spiro atoms. The largest absolute Gasteiger partial charge is 0.438 e. The lowest BCUT2D eigenvalue weighted by Crippen LogP contribution is -2.14. The fraction of sp³-hybridized carbons (Fsp3) is 0.143. The quantitative estimate of drug-likeness (QED) is 0.453. The van der Waals surface area contributed by atoms with Gasteiger partial charge in [0, 0.05) is 12.5 Å². The van der Waals surface area contributed by atoms with Crippen LogP contribution in [0.25, 0.3) is 22.9 Å². The molecule has 0 saturated carbocycles. The molecule has 33 heavy (non-hydrogen) atoms. The Kier molecular flexibility index (Phi) is 5.23. The van der Waals surface area contributed by atoms with Crippen molar-refractivity contribution < 1.29 is 18.1 Å². The lowest BCUT2D eigenvalue weighted by molar-refractivity contribution is 0.0996. The maximum absolute atomic E-state index is 14.4. The van der Waals surface area contributed by atoms with Crippen molar-refractivity contribution in [3.05, 3.63) is 66.7 Å². The van der Waals surface area contributed by atoms with Crippen LogP contribution >= 0.6 is 0 Å². The van der Waals surface area contributed by atoms with E-state index in [0.717, 1.165) is 6.39 Å². The first-order valence-electron chi connectivity index (χ1n) is 9.89. The van der Waals surface area contributed by atoms with Crippen molar-refractivity contribution in [2.24, 2.45) is 0 Å². The minimum Gasteiger partial charge on any atom is -0.438 e. The topological polar surface area (TPSA) is 151 Å². The van der Waals surface area contributed by atoms with Gasteiger partial charge in [0.2, 0.25) is 5.76 Å². The molecule has 4 heterocycles. The predicted octanol–water partition coefficient (Wildman–Crippen LogP) is 3.04. The Morgan fingerprint density at radius 3 is 2.97 bits per heavy atom. The van der Waals surface area contributed by atoms with E-state index in [1.165, 1.54) is 18.7 Å². The minimum atomic E-state index is -1.09. The van der Waals surface area contributed by atoms with Crippen LogP contribution in [0, 0.1) is 0 Å². The number of amides is 1. The molecule has 0 radical (unpaired) electrons. The molecule has 1 aliphatic rings. The third-order valence-corrected chi connectivity index (χ3v) is 4.96. The number of alkyl halides is 1. The van der Waals surface area contributed by atoms with Crippen molar-refractivity contribution in [3.8, 4) is 22.9 Å². The number of hydrogen-bond donors (Lipinski definition) is 2. The maximum atomic E-state index is 14.4. The minimum absolute atomic E-state index is 0.0208. The number of carbonyl (C=O) groups excluding carboxylic acids is 1. The van der Waals surface area contributed by atoms with Gasteiger partial charge in [-0.15, -0.1) is 0 Å². The number of aromatic nitrogens is 6. The van der Waals surface area contributed by atoms with Crippen molar-refractivity contribution in [2.75, 3.05) is 11.1 Å². The zero-order valence-electron chi connectivity index (χ0n) is 17.1. The van der Waals surface area contributed by atoms with E-state index in [-0.39, 0.29) is 29.6 Å². The Morgan fingerprint density at radius 2 is 2.24 bits per heavy atom. The second-order valence-corrected chi connectivity index (χ2v) is 7.14. The fourth-order valence-corrected chi connectivity index (χ4v) is 3.29. The number of nitrogens with two attached hydrogens (primary N) is 1. The van der Waals surface area contributed by atoms with E-state index in [1.807, 2.05) is 6.08 Å². The molecule has 11 nitrogen and oxygen atoms in total. The first-order valence-corrected chi connectivity index (χ1v) is 9.89. The van der Waals surface area contributed by atoms with E-state index >= 15 is 0 Å². The molecule has 0 saturated heterocycles. The van der Waals surface area contributed by atoms with Gasteiger partial charge in [0.15, 0.2) is 18.0 Å². The number of anilines is 2. The number of hydrogen-bond acceptors (Lipinski definition) is 9. The summed E-state index contributed by atoms with van der Waals surface area (Å²) in [5, 5.41) is 11.1. The smallest absolute Gasteiger partial charge is 0.293 e. The molecule has 0 aromatic carbocycles. The van der Waals surface area contributed by atoms with Crippen molar-refractivity contribution in [1.29, 1.82) is 0 Å². The number of allylic oxidation sites excluding steroid dienone is 4. The van der Waals surface area contributed by atoms with Crippen LogP contribution in [0.1, 0.15) is 17.0 Å². The van der Waals surface area contributed by atoms with Crippen LogP contribution in [-0.4, -0.2) is 42.0 Å². The van der Waals surface area contributed by atoms with Crippen LogP contribution in [0.3, 0.4) is 0 Å². The van der Waals surface area contributed by atoms with Gasteiger partial charge in [-0.25, -0.2) is 19.3 Å². The summed E-state index contributed by atoms with van der Waals surface area (Å²) in [6.07, 6.45) is 9.79. The number of nitrogens with zero attached hydrogens (tertiary/aromatic N) is 6. The second-order valence-electron chi connectivity index (χ2n) is 7.14. The molecule has 4 aromatic heterocycles. The predicted molar refractivity (Wildman–Crippen MR) is 114 cm³/mol. The van der Waals surface area contributed by atoms with Crippen molar-refractivity contribution in [1.82, 2.24) is 29.9 Å². The average molecular weight is 448 g/mol. The van der Waals surface area contributed by atoms with E-state index in [9.17, 15) is 9.18 Å². The summed E-state index contributed by atoms with van der Waals surface area (Å²) in [6.45, 7) is 0.217. The molecule has 1 unspecified atom stereocenters. The van der Waals surface area contributed by atoms with E-state index in [4.69, 9.17) is 14.7 Å². The Bertz CT molecular complexity index is 1340. The molecular weight excluding hydrogens is 431 g/mol. The molecule has 1 atom stereocenters. The molecular formula is C21H17FN8O3. The molecule has 3 N–H and O–H groups in total. The van der Waals surface area contributed by atoms with Gasteiger partial charge in [0.1, 0.15) is 29.5 Å². The van der Waals surface area contributed by atoms with Gasteiger partial charge in [0.05, 0.1) is 24.6 Å². The average Bonchev–Trinajstić information content (AvgIpc) is 3.58. The molecule has 5 rings (SSSR count). The highest BCUT2D eigenvalue weighted by atomic mass is 19.1. The zero-order valence-corrected chi connectivity index (χ0v) is 17.1. The molecule has 166 valence electrons. The summed E-state index contributed by atoms with van der Waals surface area (Å²) in [7, 11) is 0. The Hall–Kier alpha value is -4.61. The highest BCUT2D eigenvalue weighted by molar-refractivity contribution is 6.03. The van der Waals surface area contributed by atoms with Gasteiger partial charge in [-0.3, -0.25) is 9.48 Å². The summed E-state index contributed by atoms with van der Waals surface area (Å²) in [5.41, 5.74) is 8.35. The van der Waals surface area contributed by atoms with Crippen molar-refractivity contribution in [3.63, 3.8) is 0 Å². The highest BCUT2D eigenvalue weighted by Gasteiger charge is 2.21. The van der Waals surface area contributed by atoms with Gasteiger partial charge in [0.25, 0.3) is 5.91 Å².